The fraction of sp³-hybridized carbons (Fsp3) is 0.414. The van der Waals surface area contributed by atoms with Crippen molar-refractivity contribution in [3.8, 4) is 16.3 Å². The molecule has 1 aromatic heterocycles. The van der Waals surface area contributed by atoms with Crippen molar-refractivity contribution in [3.05, 3.63) is 64.4 Å². The number of carbonyl (C=O) groups excluding carboxylic acids is 2. The van der Waals surface area contributed by atoms with E-state index in [0.717, 1.165) is 46.3 Å². The molecule has 5 rings (SSSR count). The molecule has 2 fully saturated rings. The predicted octanol–water partition coefficient (Wildman–Crippen LogP) is 3.63. The van der Waals surface area contributed by atoms with Crippen LogP contribution in [-0.2, 0) is 26.3 Å². The van der Waals surface area contributed by atoms with E-state index in [1.54, 1.807) is 0 Å². The lowest BCUT2D eigenvalue weighted by atomic mass is 10.1. The molecule has 0 saturated carbocycles. The number of ether oxygens (including phenoxy) is 1. The molecule has 0 aliphatic carbocycles. The van der Waals surface area contributed by atoms with Crippen LogP contribution in [0, 0.1) is 5.82 Å². The summed E-state index contributed by atoms with van der Waals surface area (Å²) in [4.78, 5) is 33.0. The molecule has 236 valence electrons. The number of thiazole rings is 1. The average Bonchev–Trinajstić information content (AvgIpc) is 3.49. The molecule has 15 heteroatoms. The number of likely N-dealkylation sites (tertiary alicyclic amines) is 1. The zero-order valence-electron chi connectivity index (χ0n) is 24.1. The molecule has 2 aromatic carbocycles. The van der Waals surface area contributed by atoms with Crippen molar-refractivity contribution in [2.45, 2.75) is 44.3 Å². The Morgan fingerprint density at radius 3 is 2.61 bits per heavy atom. The highest BCUT2D eigenvalue weighted by molar-refractivity contribution is 7.87. The minimum absolute atomic E-state index is 0.0754. The van der Waals surface area contributed by atoms with E-state index in [1.807, 2.05) is 29.6 Å². The van der Waals surface area contributed by atoms with Crippen molar-refractivity contribution in [2.24, 2.45) is 0 Å². The van der Waals surface area contributed by atoms with Gasteiger partial charge in [0.2, 0.25) is 11.8 Å². The molecule has 3 N–H and O–H groups in total. The van der Waals surface area contributed by atoms with E-state index < -0.39 is 39.9 Å². The van der Waals surface area contributed by atoms with Crippen molar-refractivity contribution in [1.29, 1.82) is 0 Å². The Balaban J connectivity index is 1.13. The van der Waals surface area contributed by atoms with Crippen LogP contribution >= 0.6 is 22.9 Å². The van der Waals surface area contributed by atoms with Crippen molar-refractivity contribution in [2.75, 3.05) is 38.6 Å². The van der Waals surface area contributed by atoms with Gasteiger partial charge in [-0.25, -0.2) is 9.37 Å². The molecular weight excluding hydrogens is 631 g/mol. The maximum absolute atomic E-state index is 13.5. The van der Waals surface area contributed by atoms with Crippen LogP contribution in [0.3, 0.4) is 0 Å². The van der Waals surface area contributed by atoms with Crippen LogP contribution in [-0.4, -0.2) is 79.8 Å². The summed E-state index contributed by atoms with van der Waals surface area (Å²) >= 11 is 7.21. The lowest BCUT2D eigenvalue weighted by Gasteiger charge is -2.35. The summed E-state index contributed by atoms with van der Waals surface area (Å²) in [6.45, 7) is 3.90. The lowest BCUT2D eigenvalue weighted by molar-refractivity contribution is -0.124. The van der Waals surface area contributed by atoms with Gasteiger partial charge in [-0.1, -0.05) is 18.0 Å². The molecule has 0 spiro atoms. The smallest absolute Gasteiger partial charge is 0.280 e. The van der Waals surface area contributed by atoms with Gasteiger partial charge in [-0.2, -0.15) is 17.4 Å². The third-order valence-corrected chi connectivity index (χ3v) is 10.4. The summed E-state index contributed by atoms with van der Waals surface area (Å²) in [6, 6.07) is 8.94. The molecule has 0 bridgehead atoms. The summed E-state index contributed by atoms with van der Waals surface area (Å²) in [5.74, 6) is -1.13. The molecule has 2 atom stereocenters. The van der Waals surface area contributed by atoms with Gasteiger partial charge in [0.15, 0.2) is 0 Å². The summed E-state index contributed by atoms with van der Waals surface area (Å²) in [7, 11) is -2.90. The molecule has 2 amide bonds. The van der Waals surface area contributed by atoms with Crippen molar-refractivity contribution in [1.82, 2.24) is 24.2 Å². The Morgan fingerprint density at radius 2 is 1.89 bits per heavy atom. The van der Waals surface area contributed by atoms with Gasteiger partial charge in [0, 0.05) is 30.2 Å². The van der Waals surface area contributed by atoms with E-state index in [9.17, 15) is 22.4 Å². The monoisotopic (exact) mass is 664 g/mol. The van der Waals surface area contributed by atoms with E-state index >= 15 is 0 Å². The molecule has 11 nitrogen and oxygen atoms in total. The number of anilines is 1. The number of nitrogens with one attached hydrogen (secondary N) is 3. The second kappa shape index (κ2) is 14.3. The quantitative estimate of drug-likeness (QED) is 0.302. The van der Waals surface area contributed by atoms with Gasteiger partial charge in [-0.15, -0.1) is 11.3 Å². The topological polar surface area (TPSA) is 133 Å². The largest absolute Gasteiger partial charge is 0.492 e. The molecule has 0 radical (unpaired) electrons. The summed E-state index contributed by atoms with van der Waals surface area (Å²) in [6.07, 6.45) is 3.68. The Morgan fingerprint density at radius 1 is 1.14 bits per heavy atom. The number of benzene rings is 2. The number of carbonyl (C=O) groups is 2. The predicted molar refractivity (Wildman–Crippen MR) is 167 cm³/mol. The van der Waals surface area contributed by atoms with Gasteiger partial charge >= 0.3 is 0 Å². The zero-order chi connectivity index (χ0) is 31.3. The number of halogens is 2. The lowest BCUT2D eigenvalue weighted by Crippen LogP contribution is -2.62. The Bertz CT molecular complexity index is 1580. The van der Waals surface area contributed by atoms with Gasteiger partial charge in [-0.05, 0) is 74.8 Å². The van der Waals surface area contributed by atoms with Gasteiger partial charge < -0.3 is 15.4 Å². The molecular formula is C29H34ClFN6O5S2. The van der Waals surface area contributed by atoms with Crippen LogP contribution in [0.1, 0.15) is 31.4 Å². The third-order valence-electron chi connectivity index (χ3n) is 7.60. The second-order valence-corrected chi connectivity index (χ2v) is 13.7. The van der Waals surface area contributed by atoms with E-state index in [-0.39, 0.29) is 23.7 Å². The summed E-state index contributed by atoms with van der Waals surface area (Å²) in [5.41, 5.74) is 1.72. The highest BCUT2D eigenvalue weighted by atomic mass is 35.5. The number of piperidine rings is 1. The molecule has 44 heavy (non-hydrogen) atoms. The standard InChI is InChI=1S/C29H34ClFN6O5S2/c1-36-26(28(39)33-20-7-10-24(31)23(30)15-20)16-25(35-44(36,40)41)27(38)32-17-21-18-43-29(34-21)19-5-8-22(9-6-19)42-14-13-37-11-3-2-4-12-37/h5-10,15,18,25-26,35H,2-4,11-14,16-17H2,1H3,(H,32,38)(H,33,39). The fourth-order valence-corrected chi connectivity index (χ4v) is 7.33. The van der Waals surface area contributed by atoms with Gasteiger partial charge in [0.1, 0.15) is 35.3 Å². The van der Waals surface area contributed by atoms with E-state index in [1.165, 1.54) is 49.8 Å². The minimum Gasteiger partial charge on any atom is -0.492 e. The fourth-order valence-electron chi connectivity index (χ4n) is 5.07. The Hall–Kier alpha value is -3.14. The first-order valence-electron chi connectivity index (χ1n) is 14.3. The molecule has 3 aromatic rings. The van der Waals surface area contributed by atoms with Crippen LogP contribution in [0.2, 0.25) is 5.02 Å². The summed E-state index contributed by atoms with van der Waals surface area (Å²) in [5, 5.41) is 7.65. The van der Waals surface area contributed by atoms with Crippen LogP contribution < -0.4 is 20.1 Å². The molecule has 2 saturated heterocycles. The van der Waals surface area contributed by atoms with Gasteiger partial charge in [-0.3, -0.25) is 14.5 Å². The second-order valence-electron chi connectivity index (χ2n) is 10.7. The number of hydrogen-bond donors (Lipinski definition) is 3. The third kappa shape index (κ3) is 8.11. The van der Waals surface area contributed by atoms with Gasteiger partial charge in [0.25, 0.3) is 10.2 Å². The van der Waals surface area contributed by atoms with Crippen LogP contribution in [0.25, 0.3) is 10.6 Å². The first-order valence-corrected chi connectivity index (χ1v) is 17.0. The Kier molecular flexibility index (Phi) is 10.5. The first-order chi connectivity index (χ1) is 21.1. The molecule has 2 unspecified atom stereocenters. The van der Waals surface area contributed by atoms with E-state index in [2.05, 4.69) is 25.2 Å². The zero-order valence-corrected chi connectivity index (χ0v) is 26.5. The number of aromatic nitrogens is 1. The maximum Gasteiger partial charge on any atom is 0.280 e. The number of nitrogens with zero attached hydrogens (tertiary/aromatic N) is 3. The molecule has 3 heterocycles. The maximum atomic E-state index is 13.5. The number of amides is 2. The minimum atomic E-state index is -4.14. The van der Waals surface area contributed by atoms with Gasteiger partial charge in [0.05, 0.1) is 17.3 Å². The van der Waals surface area contributed by atoms with Crippen LogP contribution in [0.5, 0.6) is 5.75 Å². The Labute approximate surface area is 264 Å². The van der Waals surface area contributed by atoms with Crippen molar-refractivity contribution < 1.29 is 27.1 Å². The first kappa shape index (κ1) is 32.3. The normalized spacial score (nSPS) is 20.6. The van der Waals surface area contributed by atoms with Crippen molar-refractivity contribution >= 4 is 50.6 Å². The van der Waals surface area contributed by atoms with Crippen molar-refractivity contribution in [3.63, 3.8) is 0 Å². The van der Waals surface area contributed by atoms with E-state index in [4.69, 9.17) is 16.3 Å². The highest BCUT2D eigenvalue weighted by Crippen LogP contribution is 2.26. The van der Waals surface area contributed by atoms with Crippen LogP contribution in [0.15, 0.2) is 47.8 Å². The number of likely N-dealkylation sites (N-methyl/N-ethyl adjacent to an activating group) is 1. The molecule has 2 aliphatic heterocycles. The number of rotatable bonds is 10. The van der Waals surface area contributed by atoms with Crippen LogP contribution in [0.4, 0.5) is 10.1 Å². The number of hydrogen-bond acceptors (Lipinski definition) is 8. The highest BCUT2D eigenvalue weighted by Gasteiger charge is 2.42. The average molecular weight is 665 g/mol. The SMILES string of the molecule is CN1C(C(=O)Nc2ccc(F)c(Cl)c2)CC(C(=O)NCc2csc(-c3ccc(OCCN4CCCCC4)cc3)n2)NS1(=O)=O. The summed E-state index contributed by atoms with van der Waals surface area (Å²) < 4.78 is 48.0. The molecule has 2 aliphatic rings. The van der Waals surface area contributed by atoms with E-state index in [0.29, 0.717) is 12.3 Å².